The molecule has 0 unspecified atom stereocenters. The molecule has 0 aliphatic carbocycles. The van der Waals surface area contributed by atoms with Gasteiger partial charge in [0, 0.05) is 56.8 Å². The SMILES string of the molecule is Clc1ccc(-c2c(-c3ccccc3)c3scc(-c4ccccc4)c3c3ccccc23)cc1.Clc1ccc(-c2c(-c3ccccc3)c3scc(Br)c3c3ccccc23)cc1.OB(O)c1ccccc1. The Morgan fingerprint density at radius 1 is 0.353 bits per heavy atom. The largest absolute Gasteiger partial charge is 0.488 e. The zero-order chi connectivity index (χ0) is 46.6. The molecule has 0 aliphatic heterocycles. The van der Waals surface area contributed by atoms with Crippen LogP contribution in [0.15, 0.2) is 234 Å². The van der Waals surface area contributed by atoms with Crippen molar-refractivity contribution >= 4 is 116 Å². The molecule has 2 nitrogen and oxygen atoms in total. The Labute approximate surface area is 422 Å². The third-order valence-electron chi connectivity index (χ3n) is 12.0. The monoisotopic (exact) mass is 1020 g/mol. The molecule has 68 heavy (non-hydrogen) atoms. The van der Waals surface area contributed by atoms with E-state index in [4.69, 9.17) is 33.2 Å². The first-order valence-corrected chi connectivity index (χ1v) is 25.3. The van der Waals surface area contributed by atoms with Gasteiger partial charge in [-0.05, 0) is 112 Å². The van der Waals surface area contributed by atoms with Gasteiger partial charge in [-0.3, -0.25) is 0 Å². The van der Waals surface area contributed by atoms with Gasteiger partial charge >= 0.3 is 7.12 Å². The minimum atomic E-state index is -1.34. The average Bonchev–Trinajstić information content (AvgIpc) is 4.02. The van der Waals surface area contributed by atoms with Gasteiger partial charge in [0.15, 0.2) is 0 Å². The number of fused-ring (bicyclic) bond motifs is 6. The molecule has 0 saturated carbocycles. The lowest BCUT2D eigenvalue weighted by Gasteiger charge is -2.17. The third-order valence-corrected chi connectivity index (χ3v) is 15.4. The molecule has 12 aromatic rings. The molecule has 0 spiro atoms. The molecule has 10 aromatic carbocycles. The maximum atomic E-state index is 8.58. The number of hydrogen-bond acceptors (Lipinski definition) is 4. The molecule has 0 fully saturated rings. The van der Waals surface area contributed by atoms with E-state index in [-0.39, 0.29) is 0 Å². The lowest BCUT2D eigenvalue weighted by atomic mass is 9.81. The molecule has 0 radical (unpaired) electrons. The van der Waals surface area contributed by atoms with Crippen LogP contribution in [0, 0.1) is 0 Å². The number of benzene rings is 10. The molecular formula is C60H40BBrCl2O2S2. The van der Waals surface area contributed by atoms with Crippen molar-refractivity contribution in [2.24, 2.45) is 0 Å². The highest BCUT2D eigenvalue weighted by atomic mass is 79.9. The van der Waals surface area contributed by atoms with E-state index < -0.39 is 7.12 Å². The van der Waals surface area contributed by atoms with Crippen LogP contribution in [0.4, 0.5) is 0 Å². The third kappa shape index (κ3) is 9.17. The Kier molecular flexibility index (Phi) is 13.7. The van der Waals surface area contributed by atoms with Crippen LogP contribution in [-0.2, 0) is 0 Å². The summed E-state index contributed by atoms with van der Waals surface area (Å²) in [6.07, 6.45) is 0. The highest BCUT2D eigenvalue weighted by Crippen LogP contribution is 2.51. The van der Waals surface area contributed by atoms with Crippen LogP contribution >= 0.6 is 61.8 Å². The Morgan fingerprint density at radius 3 is 1.15 bits per heavy atom. The number of hydrogen-bond donors (Lipinski definition) is 2. The van der Waals surface area contributed by atoms with Crippen molar-refractivity contribution in [3.05, 3.63) is 244 Å². The van der Waals surface area contributed by atoms with Gasteiger partial charge in [0.1, 0.15) is 0 Å². The van der Waals surface area contributed by atoms with Gasteiger partial charge in [0.2, 0.25) is 0 Å². The summed E-state index contributed by atoms with van der Waals surface area (Å²) in [5.74, 6) is 0. The quantitative estimate of drug-likeness (QED) is 0.163. The highest BCUT2D eigenvalue weighted by molar-refractivity contribution is 9.10. The first kappa shape index (κ1) is 45.5. The van der Waals surface area contributed by atoms with Gasteiger partial charge in [0.25, 0.3) is 0 Å². The zero-order valence-corrected chi connectivity index (χ0v) is 41.1. The van der Waals surface area contributed by atoms with Crippen molar-refractivity contribution in [3.8, 4) is 55.6 Å². The van der Waals surface area contributed by atoms with E-state index in [1.165, 1.54) is 97.4 Å². The smallest absolute Gasteiger partial charge is 0.423 e. The molecule has 12 rings (SSSR count). The highest BCUT2D eigenvalue weighted by Gasteiger charge is 2.22. The molecule has 0 amide bonds. The fourth-order valence-electron chi connectivity index (χ4n) is 8.96. The molecule has 328 valence electrons. The standard InChI is InChI=1S/C30H19ClS.C24H14BrClS.C6H7BO2/c31-23-17-15-22(16-18-23)27-24-13-7-8-14-25(24)29-26(20-9-3-1-4-10-20)19-32-30(29)28(27)21-11-5-2-6-12-21;25-20-14-27-24-22(15-6-2-1-3-7-15)21(16-10-12-17(26)13-11-16)18-8-4-5-9-19(18)23(20)24;8-7(9)6-4-2-1-3-5-6/h1-19H;1-14H;1-5,8-9H. The molecule has 2 heterocycles. The summed E-state index contributed by atoms with van der Waals surface area (Å²) in [5.41, 5.74) is 13.0. The zero-order valence-electron chi connectivity index (χ0n) is 36.4. The maximum absolute atomic E-state index is 8.58. The van der Waals surface area contributed by atoms with E-state index in [0.717, 1.165) is 14.5 Å². The van der Waals surface area contributed by atoms with Gasteiger partial charge < -0.3 is 10.0 Å². The van der Waals surface area contributed by atoms with Gasteiger partial charge in [-0.25, -0.2) is 0 Å². The van der Waals surface area contributed by atoms with Crippen LogP contribution in [0.2, 0.25) is 10.0 Å². The maximum Gasteiger partial charge on any atom is 0.488 e. The number of halogens is 3. The second-order valence-electron chi connectivity index (χ2n) is 16.1. The van der Waals surface area contributed by atoms with E-state index >= 15 is 0 Å². The Hall–Kier alpha value is -6.32. The van der Waals surface area contributed by atoms with Crippen molar-refractivity contribution < 1.29 is 10.0 Å². The van der Waals surface area contributed by atoms with Crippen molar-refractivity contribution in [3.63, 3.8) is 0 Å². The fraction of sp³-hybridized carbons (Fsp3) is 0. The predicted molar refractivity (Wildman–Crippen MR) is 300 cm³/mol. The normalized spacial score (nSPS) is 11.0. The molecule has 0 atom stereocenters. The predicted octanol–water partition coefficient (Wildman–Crippen LogP) is 17.9. The summed E-state index contributed by atoms with van der Waals surface area (Å²) in [5, 5.41) is 30.8. The summed E-state index contributed by atoms with van der Waals surface area (Å²) >= 11 is 19.8. The summed E-state index contributed by atoms with van der Waals surface area (Å²) in [4.78, 5) is 0. The van der Waals surface area contributed by atoms with Crippen LogP contribution in [0.1, 0.15) is 0 Å². The summed E-state index contributed by atoms with van der Waals surface area (Å²) in [7, 11) is -1.34. The lowest BCUT2D eigenvalue weighted by Crippen LogP contribution is -2.29. The molecule has 0 bridgehead atoms. The topological polar surface area (TPSA) is 40.5 Å². The van der Waals surface area contributed by atoms with Gasteiger partial charge in [0.05, 0.1) is 0 Å². The molecule has 0 aliphatic rings. The lowest BCUT2D eigenvalue weighted by molar-refractivity contribution is 0.426. The Bertz CT molecular complexity index is 3660. The molecule has 8 heteroatoms. The number of rotatable bonds is 6. The van der Waals surface area contributed by atoms with Gasteiger partial charge in [-0.15, -0.1) is 22.7 Å². The van der Waals surface area contributed by atoms with Crippen molar-refractivity contribution in [2.45, 2.75) is 0 Å². The van der Waals surface area contributed by atoms with E-state index in [2.05, 4.69) is 190 Å². The van der Waals surface area contributed by atoms with E-state index in [1.807, 2.05) is 41.7 Å². The summed E-state index contributed by atoms with van der Waals surface area (Å²) in [6.45, 7) is 0. The molecule has 2 aromatic heterocycles. The van der Waals surface area contributed by atoms with Gasteiger partial charge in [-0.2, -0.15) is 0 Å². The second-order valence-corrected chi connectivity index (χ2v) is 19.6. The Balaban J connectivity index is 0.000000136. The number of thiophene rings is 2. The van der Waals surface area contributed by atoms with E-state index in [1.54, 1.807) is 35.6 Å². The van der Waals surface area contributed by atoms with E-state index in [9.17, 15) is 0 Å². The first-order chi connectivity index (χ1) is 33.4. The van der Waals surface area contributed by atoms with Crippen LogP contribution in [0.3, 0.4) is 0 Å². The van der Waals surface area contributed by atoms with Crippen molar-refractivity contribution in [1.82, 2.24) is 0 Å². The second kappa shape index (κ2) is 20.5. The average molecular weight is 1020 g/mol. The Morgan fingerprint density at radius 2 is 0.706 bits per heavy atom. The molecule has 2 N–H and O–H groups in total. The van der Waals surface area contributed by atoms with Crippen LogP contribution in [0.5, 0.6) is 0 Å². The van der Waals surface area contributed by atoms with E-state index in [0.29, 0.717) is 5.46 Å². The van der Waals surface area contributed by atoms with Crippen LogP contribution < -0.4 is 5.46 Å². The van der Waals surface area contributed by atoms with Crippen molar-refractivity contribution in [2.75, 3.05) is 0 Å². The minimum Gasteiger partial charge on any atom is -0.423 e. The molecule has 0 saturated heterocycles. The summed E-state index contributed by atoms with van der Waals surface area (Å²) in [6, 6.07) is 74.6. The summed E-state index contributed by atoms with van der Waals surface area (Å²) < 4.78 is 3.77. The molecular weight excluding hydrogens is 978 g/mol. The first-order valence-electron chi connectivity index (χ1n) is 22.0. The van der Waals surface area contributed by atoms with Gasteiger partial charge in [-0.1, -0.05) is 217 Å². The minimum absolute atomic E-state index is 0.525. The van der Waals surface area contributed by atoms with Crippen LogP contribution in [-0.4, -0.2) is 17.2 Å². The van der Waals surface area contributed by atoms with Crippen molar-refractivity contribution in [1.29, 1.82) is 0 Å². The fourth-order valence-corrected chi connectivity index (χ4v) is 12.2. The van der Waals surface area contributed by atoms with Crippen LogP contribution in [0.25, 0.3) is 97.4 Å².